The van der Waals surface area contributed by atoms with Gasteiger partial charge in [0, 0.05) is 0 Å². The fraction of sp³-hybridized carbons (Fsp3) is 0.333. The van der Waals surface area contributed by atoms with Crippen molar-refractivity contribution in [2.45, 2.75) is 6.18 Å². The van der Waals surface area contributed by atoms with E-state index in [4.69, 9.17) is 0 Å². The molecule has 0 fully saturated rings. The zero-order valence-corrected chi connectivity index (χ0v) is 5.73. The van der Waals surface area contributed by atoms with Gasteiger partial charge in [0.1, 0.15) is 5.03 Å². The molecule has 8 heavy (non-hydrogen) atoms. The van der Waals surface area contributed by atoms with Gasteiger partial charge in [-0.1, -0.05) is 11.6 Å². The summed E-state index contributed by atoms with van der Waals surface area (Å²) in [6.45, 7) is 0. The lowest BCUT2D eigenvalue weighted by atomic mass is 10.6. The monoisotopic (exact) mass is 207 g/mol. The minimum absolute atomic E-state index is 1.28. The lowest BCUT2D eigenvalue weighted by Crippen LogP contribution is -2.05. The van der Waals surface area contributed by atoms with Gasteiger partial charge in [0.05, 0.1) is 4.99 Å². The number of allylic oxidation sites excluding steroid dienone is 1. The first-order valence-corrected chi connectivity index (χ1v) is 2.62. The molecule has 0 unspecified atom stereocenters. The van der Waals surface area contributed by atoms with Crippen molar-refractivity contribution >= 4 is 27.5 Å². The second-order valence-corrected chi connectivity index (χ2v) is 1.68. The molecule has 0 aromatic carbocycles. The maximum Gasteiger partial charge on any atom is 0.428 e. The zero-order valence-electron chi connectivity index (χ0n) is 3.39. The molecule has 0 rings (SSSR count). The summed E-state index contributed by atoms with van der Waals surface area (Å²) in [4.78, 5) is 1.57. The fourth-order valence-corrected chi connectivity index (χ4v) is 0.278. The Balaban J connectivity index is 4.03. The molecule has 0 saturated carbocycles. The molecule has 0 saturated heterocycles. The SMILES string of the molecule is FC(F)(F)/C(Cl)=[C]/Br. The first-order chi connectivity index (χ1) is 3.48. The van der Waals surface area contributed by atoms with E-state index in [9.17, 15) is 13.2 Å². The highest BCUT2D eigenvalue weighted by Gasteiger charge is 2.32. The van der Waals surface area contributed by atoms with E-state index in [0.717, 1.165) is 0 Å². The molecule has 0 aliphatic heterocycles. The molecule has 0 atom stereocenters. The van der Waals surface area contributed by atoms with Crippen molar-refractivity contribution in [1.29, 1.82) is 0 Å². The van der Waals surface area contributed by atoms with E-state index in [1.165, 1.54) is 0 Å². The maximum absolute atomic E-state index is 11.2. The maximum atomic E-state index is 11.2. The normalized spacial score (nSPS) is 14.4. The quantitative estimate of drug-likeness (QED) is 0.574. The molecule has 5 heteroatoms. The van der Waals surface area contributed by atoms with Crippen molar-refractivity contribution in [2.75, 3.05) is 0 Å². The fourth-order valence-electron chi connectivity index (χ4n) is 0.0536. The highest BCUT2D eigenvalue weighted by Crippen LogP contribution is 2.28. The van der Waals surface area contributed by atoms with Crippen LogP contribution in [-0.2, 0) is 0 Å². The van der Waals surface area contributed by atoms with Gasteiger partial charge in [0.25, 0.3) is 0 Å². The molecule has 0 aromatic rings. The van der Waals surface area contributed by atoms with Gasteiger partial charge in [-0.25, -0.2) is 0 Å². The molecule has 0 aliphatic carbocycles. The van der Waals surface area contributed by atoms with Gasteiger partial charge >= 0.3 is 6.18 Å². The predicted octanol–water partition coefficient (Wildman–Crippen LogP) is 2.83. The van der Waals surface area contributed by atoms with Crippen LogP contribution in [0.1, 0.15) is 0 Å². The lowest BCUT2D eigenvalue weighted by Gasteiger charge is -1.99. The molecule has 47 valence electrons. The highest BCUT2D eigenvalue weighted by atomic mass is 79.9. The smallest absolute Gasteiger partial charge is 0.165 e. The highest BCUT2D eigenvalue weighted by molar-refractivity contribution is 9.10. The van der Waals surface area contributed by atoms with E-state index in [1.807, 2.05) is 0 Å². The van der Waals surface area contributed by atoms with Crippen LogP contribution in [0, 0.1) is 4.99 Å². The minimum Gasteiger partial charge on any atom is -0.165 e. The number of hydrogen-bond acceptors (Lipinski definition) is 0. The number of alkyl halides is 3. The van der Waals surface area contributed by atoms with Crippen molar-refractivity contribution < 1.29 is 13.2 Å². The molecule has 0 nitrogen and oxygen atoms in total. The molecular formula is C3BrClF3. The molecule has 0 amide bonds. The lowest BCUT2D eigenvalue weighted by molar-refractivity contribution is -0.0846. The molecule has 0 spiro atoms. The van der Waals surface area contributed by atoms with Crippen LogP contribution < -0.4 is 0 Å². The zero-order chi connectivity index (χ0) is 6.78. The minimum atomic E-state index is -4.47. The third-order valence-electron chi connectivity index (χ3n) is 0.332. The Bertz CT molecular complexity index is 106. The average molecular weight is 208 g/mol. The molecule has 0 bridgehead atoms. The second kappa shape index (κ2) is 2.73. The van der Waals surface area contributed by atoms with Gasteiger partial charge in [-0.15, -0.1) is 0 Å². The summed E-state index contributed by atoms with van der Waals surface area (Å²) < 4.78 is 33.6. The van der Waals surface area contributed by atoms with Gasteiger partial charge in [0.2, 0.25) is 0 Å². The van der Waals surface area contributed by atoms with E-state index in [1.54, 1.807) is 4.99 Å². The van der Waals surface area contributed by atoms with E-state index in [0.29, 0.717) is 0 Å². The summed E-state index contributed by atoms with van der Waals surface area (Å²) in [5.41, 5.74) is 0. The molecule has 0 aromatic heterocycles. The molecule has 1 radical (unpaired) electrons. The van der Waals surface area contributed by atoms with Crippen molar-refractivity contribution in [2.24, 2.45) is 0 Å². The van der Waals surface area contributed by atoms with Gasteiger partial charge in [0.15, 0.2) is 0 Å². The van der Waals surface area contributed by atoms with E-state index in [2.05, 4.69) is 27.5 Å². The van der Waals surface area contributed by atoms with Crippen LogP contribution in [0.2, 0.25) is 0 Å². The summed E-state index contributed by atoms with van der Waals surface area (Å²) in [7, 11) is 0. The first kappa shape index (κ1) is 8.30. The van der Waals surface area contributed by atoms with Crippen LogP contribution in [0.4, 0.5) is 13.2 Å². The molecule has 0 heterocycles. The third kappa shape index (κ3) is 2.57. The predicted molar refractivity (Wildman–Crippen MR) is 27.6 cm³/mol. The van der Waals surface area contributed by atoms with Crippen molar-refractivity contribution in [3.8, 4) is 0 Å². The van der Waals surface area contributed by atoms with Crippen molar-refractivity contribution in [1.82, 2.24) is 0 Å². The third-order valence-corrected chi connectivity index (χ3v) is 1.27. The Hall–Kier alpha value is 0.300. The van der Waals surface area contributed by atoms with Gasteiger partial charge in [-0.2, -0.15) is 13.2 Å². The van der Waals surface area contributed by atoms with Crippen molar-refractivity contribution in [3.05, 3.63) is 10.0 Å². The molecular weight excluding hydrogens is 208 g/mol. The Morgan fingerprint density at radius 3 is 1.88 bits per heavy atom. The van der Waals surface area contributed by atoms with E-state index < -0.39 is 11.2 Å². The van der Waals surface area contributed by atoms with Crippen LogP contribution in [0.5, 0.6) is 0 Å². The molecule has 0 N–H and O–H groups in total. The van der Waals surface area contributed by atoms with E-state index in [-0.39, 0.29) is 0 Å². The second-order valence-electron chi connectivity index (χ2n) is 0.906. The summed E-state index contributed by atoms with van der Waals surface area (Å²) >= 11 is 6.89. The summed E-state index contributed by atoms with van der Waals surface area (Å²) in [5, 5.41) is -1.28. The number of rotatable bonds is 0. The summed E-state index contributed by atoms with van der Waals surface area (Å²) in [6, 6.07) is 0. The van der Waals surface area contributed by atoms with Crippen LogP contribution >= 0.6 is 27.5 Å². The standard InChI is InChI=1S/C3BrClF3/c4-1-2(5)3(6,7)8. The Morgan fingerprint density at radius 1 is 1.50 bits per heavy atom. The van der Waals surface area contributed by atoms with Gasteiger partial charge in [-0.05, 0) is 15.9 Å². The van der Waals surface area contributed by atoms with Crippen LogP contribution in [0.3, 0.4) is 0 Å². The average Bonchev–Trinajstić information content (AvgIpc) is 1.62. The van der Waals surface area contributed by atoms with E-state index >= 15 is 0 Å². The van der Waals surface area contributed by atoms with Gasteiger partial charge < -0.3 is 0 Å². The van der Waals surface area contributed by atoms with Crippen molar-refractivity contribution in [3.63, 3.8) is 0 Å². The largest absolute Gasteiger partial charge is 0.428 e. The Morgan fingerprint density at radius 2 is 1.88 bits per heavy atom. The Labute approximate surface area is 57.4 Å². The summed E-state index contributed by atoms with van der Waals surface area (Å²) in [6.07, 6.45) is -4.47. The van der Waals surface area contributed by atoms with Crippen LogP contribution in [0.25, 0.3) is 0 Å². The van der Waals surface area contributed by atoms with Crippen LogP contribution in [0.15, 0.2) is 5.03 Å². The topological polar surface area (TPSA) is 0 Å². The number of halogens is 5. The Kier molecular flexibility index (Phi) is 2.83. The van der Waals surface area contributed by atoms with Gasteiger partial charge in [-0.3, -0.25) is 0 Å². The number of hydrogen-bond donors (Lipinski definition) is 0. The summed E-state index contributed by atoms with van der Waals surface area (Å²) in [5.74, 6) is 0. The molecule has 0 aliphatic rings. The first-order valence-electron chi connectivity index (χ1n) is 1.44. The van der Waals surface area contributed by atoms with Crippen LogP contribution in [-0.4, -0.2) is 6.18 Å².